The molecule has 0 spiro atoms. The molecule has 196 valence electrons. The molecule has 2 N–H and O–H groups in total. The fourth-order valence-corrected chi connectivity index (χ4v) is 4.33. The number of benzene rings is 1. The summed E-state index contributed by atoms with van der Waals surface area (Å²) in [5.41, 5.74) is 4.86. The topological polar surface area (TPSA) is 107 Å². The van der Waals surface area contributed by atoms with Gasteiger partial charge in [0.15, 0.2) is 5.82 Å². The van der Waals surface area contributed by atoms with E-state index in [0.717, 1.165) is 29.8 Å². The summed E-state index contributed by atoms with van der Waals surface area (Å²) in [6.45, 7) is 8.48. The summed E-state index contributed by atoms with van der Waals surface area (Å²) in [5, 5.41) is 13.6. The van der Waals surface area contributed by atoms with Gasteiger partial charge in [-0.2, -0.15) is 4.98 Å². The molecule has 0 radical (unpaired) electrons. The molecule has 37 heavy (non-hydrogen) atoms. The average Bonchev–Trinajstić information content (AvgIpc) is 3.52. The van der Waals surface area contributed by atoms with Crippen LogP contribution in [0.15, 0.2) is 58.3 Å². The van der Waals surface area contributed by atoms with Gasteiger partial charge in [0.25, 0.3) is 11.8 Å². The molecule has 0 atom stereocenters. The first-order chi connectivity index (χ1) is 17.9. The van der Waals surface area contributed by atoms with Gasteiger partial charge in [-0.1, -0.05) is 36.4 Å². The van der Waals surface area contributed by atoms with Crippen LogP contribution in [-0.4, -0.2) is 78.3 Å². The standard InChI is InChI=1S/C27H35N7O3/c1-5-28-12-13-29-25(35)17-33(24-14-21(11-10-19(24)2)27-30-20(3)31-37-27)18-26(36)32(4)34-15-22-8-6-7-9-23(22)16-34/h6-8,10-11,14,16,28H,5,9,12-13,15,17-18H2,1-4H3,(H,29,35). The first kappa shape index (κ1) is 26.2. The van der Waals surface area contributed by atoms with Crippen molar-refractivity contribution in [3.63, 3.8) is 0 Å². The summed E-state index contributed by atoms with van der Waals surface area (Å²) in [6.07, 6.45) is 9.14. The Hall–Kier alpha value is -3.92. The maximum Gasteiger partial charge on any atom is 0.260 e. The van der Waals surface area contributed by atoms with Crippen LogP contribution >= 0.6 is 0 Å². The molecule has 0 unspecified atom stereocenters. The summed E-state index contributed by atoms with van der Waals surface area (Å²) in [5.74, 6) is 0.655. The van der Waals surface area contributed by atoms with Gasteiger partial charge >= 0.3 is 0 Å². The summed E-state index contributed by atoms with van der Waals surface area (Å²) < 4.78 is 5.35. The van der Waals surface area contributed by atoms with E-state index in [0.29, 0.717) is 31.3 Å². The van der Waals surface area contributed by atoms with Gasteiger partial charge in [-0.05, 0) is 55.7 Å². The molecular formula is C27H35N7O3. The van der Waals surface area contributed by atoms with Crippen molar-refractivity contribution >= 4 is 17.5 Å². The molecule has 10 nitrogen and oxygen atoms in total. The third-order valence-electron chi connectivity index (χ3n) is 6.43. The van der Waals surface area contributed by atoms with Crippen molar-refractivity contribution < 1.29 is 14.1 Å². The molecule has 2 amide bonds. The molecule has 10 heteroatoms. The number of anilines is 1. The Morgan fingerprint density at radius 2 is 2.00 bits per heavy atom. The molecule has 2 aliphatic rings. The zero-order valence-corrected chi connectivity index (χ0v) is 22.0. The highest BCUT2D eigenvalue weighted by Crippen LogP contribution is 2.29. The zero-order chi connectivity index (χ0) is 26.4. The fraction of sp³-hybridized carbons (Fsp3) is 0.407. The SMILES string of the molecule is CCNCCNC(=O)CN(CC(=O)N(C)N1C=C2CC=CC=C2C1)c1cc(-c2nc(C)no2)ccc1C. The lowest BCUT2D eigenvalue weighted by molar-refractivity contribution is -0.139. The maximum atomic E-state index is 13.5. The first-order valence-corrected chi connectivity index (χ1v) is 12.6. The Labute approximate surface area is 217 Å². The summed E-state index contributed by atoms with van der Waals surface area (Å²) in [4.78, 5) is 32.5. The number of amides is 2. The van der Waals surface area contributed by atoms with E-state index in [-0.39, 0.29) is 24.9 Å². The number of nitrogens with one attached hydrogen (secondary N) is 2. The number of nitrogens with zero attached hydrogens (tertiary/aromatic N) is 5. The number of rotatable bonds is 11. The predicted molar refractivity (Wildman–Crippen MR) is 142 cm³/mol. The number of carbonyl (C=O) groups excluding carboxylic acids is 2. The minimum atomic E-state index is -0.155. The predicted octanol–water partition coefficient (Wildman–Crippen LogP) is 2.34. The smallest absolute Gasteiger partial charge is 0.260 e. The van der Waals surface area contributed by atoms with Crippen LogP contribution in [0.5, 0.6) is 0 Å². The van der Waals surface area contributed by atoms with Crippen LogP contribution in [0.25, 0.3) is 11.5 Å². The molecule has 1 aliphatic carbocycles. The highest BCUT2D eigenvalue weighted by Gasteiger charge is 2.26. The highest BCUT2D eigenvalue weighted by atomic mass is 16.5. The van der Waals surface area contributed by atoms with Gasteiger partial charge in [0.1, 0.15) is 0 Å². The number of hydrazine groups is 1. The molecule has 0 fully saturated rings. The maximum absolute atomic E-state index is 13.5. The lowest BCUT2D eigenvalue weighted by Crippen LogP contribution is -2.48. The monoisotopic (exact) mass is 505 g/mol. The van der Waals surface area contributed by atoms with Crippen LogP contribution < -0.4 is 15.5 Å². The van der Waals surface area contributed by atoms with Crippen molar-refractivity contribution in [2.45, 2.75) is 27.2 Å². The van der Waals surface area contributed by atoms with E-state index in [1.165, 1.54) is 11.1 Å². The van der Waals surface area contributed by atoms with Crippen LogP contribution in [0.3, 0.4) is 0 Å². The third-order valence-corrected chi connectivity index (χ3v) is 6.43. The number of fused-ring (bicyclic) bond motifs is 1. The minimum absolute atomic E-state index is 0.0290. The Balaban J connectivity index is 1.54. The normalized spacial score (nSPS) is 14.2. The van der Waals surface area contributed by atoms with Crippen molar-refractivity contribution in [1.29, 1.82) is 0 Å². The van der Waals surface area contributed by atoms with E-state index in [1.807, 2.05) is 43.3 Å². The van der Waals surface area contributed by atoms with Crippen molar-refractivity contribution in [3.05, 3.63) is 65.2 Å². The number of allylic oxidation sites excluding steroid dienone is 3. The van der Waals surface area contributed by atoms with Crippen LogP contribution in [0.4, 0.5) is 5.69 Å². The van der Waals surface area contributed by atoms with E-state index in [1.54, 1.807) is 23.9 Å². The lowest BCUT2D eigenvalue weighted by atomic mass is 10.0. The number of likely N-dealkylation sites (N-methyl/N-ethyl adjacent to an activating group) is 2. The number of hydrogen-bond acceptors (Lipinski definition) is 8. The van der Waals surface area contributed by atoms with E-state index in [4.69, 9.17) is 4.52 Å². The average molecular weight is 506 g/mol. The summed E-state index contributed by atoms with van der Waals surface area (Å²) >= 11 is 0. The molecular weight excluding hydrogens is 470 g/mol. The molecule has 2 heterocycles. The van der Waals surface area contributed by atoms with Gasteiger partial charge < -0.3 is 20.1 Å². The van der Waals surface area contributed by atoms with Crippen molar-refractivity contribution in [1.82, 2.24) is 30.8 Å². The molecule has 1 aromatic heterocycles. The quantitative estimate of drug-likeness (QED) is 0.448. The summed E-state index contributed by atoms with van der Waals surface area (Å²) in [7, 11) is 1.77. The van der Waals surface area contributed by atoms with Gasteiger partial charge in [0, 0.05) is 37.6 Å². The Kier molecular flexibility index (Phi) is 8.39. The Morgan fingerprint density at radius 1 is 1.16 bits per heavy atom. The summed E-state index contributed by atoms with van der Waals surface area (Å²) in [6, 6.07) is 5.72. The van der Waals surface area contributed by atoms with Gasteiger partial charge in [0.05, 0.1) is 19.6 Å². The Bertz CT molecular complexity index is 1230. The molecule has 1 aromatic carbocycles. The molecule has 0 saturated heterocycles. The van der Waals surface area contributed by atoms with Gasteiger partial charge in [-0.25, -0.2) is 0 Å². The lowest BCUT2D eigenvalue weighted by Gasteiger charge is -2.32. The Morgan fingerprint density at radius 3 is 2.73 bits per heavy atom. The van der Waals surface area contributed by atoms with E-state index >= 15 is 0 Å². The van der Waals surface area contributed by atoms with Gasteiger partial charge in [-0.3, -0.25) is 19.6 Å². The van der Waals surface area contributed by atoms with E-state index in [2.05, 4.69) is 39.0 Å². The van der Waals surface area contributed by atoms with Gasteiger partial charge in [0.2, 0.25) is 5.91 Å². The van der Waals surface area contributed by atoms with Crippen LogP contribution in [0, 0.1) is 13.8 Å². The van der Waals surface area contributed by atoms with Crippen LogP contribution in [-0.2, 0) is 9.59 Å². The van der Waals surface area contributed by atoms with E-state index < -0.39 is 0 Å². The minimum Gasteiger partial charge on any atom is -0.353 e. The first-order valence-electron chi connectivity index (χ1n) is 12.6. The second-order valence-electron chi connectivity index (χ2n) is 9.20. The van der Waals surface area contributed by atoms with Gasteiger partial charge in [-0.15, -0.1) is 0 Å². The number of aryl methyl sites for hydroxylation is 2. The number of carbonyl (C=O) groups is 2. The molecule has 0 saturated carbocycles. The number of hydrogen-bond donors (Lipinski definition) is 2. The van der Waals surface area contributed by atoms with Crippen molar-refractivity contribution in [3.8, 4) is 11.5 Å². The van der Waals surface area contributed by atoms with Crippen molar-refractivity contribution in [2.75, 3.05) is 51.2 Å². The fourth-order valence-electron chi connectivity index (χ4n) is 4.33. The van der Waals surface area contributed by atoms with E-state index in [9.17, 15) is 9.59 Å². The van der Waals surface area contributed by atoms with Crippen LogP contribution in [0.2, 0.25) is 0 Å². The second kappa shape index (κ2) is 11.9. The highest BCUT2D eigenvalue weighted by molar-refractivity contribution is 5.87. The molecule has 2 aromatic rings. The molecule has 4 rings (SSSR count). The molecule has 1 aliphatic heterocycles. The number of aromatic nitrogens is 2. The van der Waals surface area contributed by atoms with Crippen LogP contribution in [0.1, 0.15) is 24.7 Å². The third kappa shape index (κ3) is 6.45. The van der Waals surface area contributed by atoms with Crippen molar-refractivity contribution in [2.24, 2.45) is 0 Å². The zero-order valence-electron chi connectivity index (χ0n) is 22.0. The second-order valence-corrected chi connectivity index (χ2v) is 9.20. The largest absolute Gasteiger partial charge is 0.353 e. The molecule has 0 bridgehead atoms.